The Morgan fingerprint density at radius 1 is 1.47 bits per heavy atom. The van der Waals surface area contributed by atoms with E-state index in [1.54, 1.807) is 23.9 Å². The normalized spacial score (nSPS) is 12.3. The van der Waals surface area contributed by atoms with Gasteiger partial charge in [0, 0.05) is 6.04 Å². The van der Waals surface area contributed by atoms with Crippen LogP contribution in [0, 0.1) is 0 Å². The molecule has 1 atom stereocenters. The smallest absolute Gasteiger partial charge is 0.224 e. The van der Waals surface area contributed by atoms with Crippen LogP contribution in [0.4, 0.5) is 0 Å². The summed E-state index contributed by atoms with van der Waals surface area (Å²) >= 11 is 1.61. The zero-order chi connectivity index (χ0) is 12.1. The first-order valence-electron chi connectivity index (χ1n) is 5.55. The molecule has 2 rings (SSSR count). The summed E-state index contributed by atoms with van der Waals surface area (Å²) in [5, 5.41) is 6.96. The van der Waals surface area contributed by atoms with Crippen LogP contribution >= 0.6 is 11.3 Å². The third-order valence-electron chi connectivity index (χ3n) is 2.47. The van der Waals surface area contributed by atoms with Crippen LogP contribution in [-0.4, -0.2) is 11.9 Å². The van der Waals surface area contributed by atoms with Crippen molar-refractivity contribution in [3.63, 3.8) is 0 Å². The van der Waals surface area contributed by atoms with E-state index in [1.807, 2.05) is 29.8 Å². The van der Waals surface area contributed by atoms with E-state index in [0.717, 1.165) is 17.5 Å². The number of hydrogen-bond donors (Lipinski definition) is 1. The van der Waals surface area contributed by atoms with Crippen molar-refractivity contribution in [1.29, 1.82) is 0 Å². The van der Waals surface area contributed by atoms with Gasteiger partial charge in [0.1, 0.15) is 0 Å². The summed E-state index contributed by atoms with van der Waals surface area (Å²) in [6, 6.07) is 4.02. The molecule has 2 aromatic rings. The van der Waals surface area contributed by atoms with Gasteiger partial charge in [-0.1, -0.05) is 0 Å². The van der Waals surface area contributed by atoms with E-state index >= 15 is 0 Å². The molecule has 0 fully saturated rings. The lowest BCUT2D eigenvalue weighted by molar-refractivity contribution is -0.121. The van der Waals surface area contributed by atoms with Crippen molar-refractivity contribution in [2.24, 2.45) is 0 Å². The minimum atomic E-state index is 0.0689. The average Bonchev–Trinajstić information content (AvgIpc) is 2.90. The molecule has 0 radical (unpaired) electrons. The second-order valence-corrected chi connectivity index (χ2v) is 4.89. The van der Waals surface area contributed by atoms with E-state index in [9.17, 15) is 4.79 Å². The van der Waals surface area contributed by atoms with Gasteiger partial charge in [0.05, 0.1) is 18.9 Å². The van der Waals surface area contributed by atoms with Gasteiger partial charge in [-0.3, -0.25) is 4.79 Å². The number of rotatable bonds is 5. The summed E-state index contributed by atoms with van der Waals surface area (Å²) in [4.78, 5) is 11.7. The largest absolute Gasteiger partial charge is 0.472 e. The van der Waals surface area contributed by atoms with Gasteiger partial charge in [0.2, 0.25) is 5.91 Å². The van der Waals surface area contributed by atoms with Gasteiger partial charge >= 0.3 is 0 Å². The lowest BCUT2D eigenvalue weighted by Crippen LogP contribution is -2.34. The predicted molar refractivity (Wildman–Crippen MR) is 68.0 cm³/mol. The Labute approximate surface area is 104 Å². The molecule has 0 spiro atoms. The van der Waals surface area contributed by atoms with E-state index in [0.29, 0.717) is 6.42 Å². The monoisotopic (exact) mass is 249 g/mol. The highest BCUT2D eigenvalue weighted by Crippen LogP contribution is 2.07. The van der Waals surface area contributed by atoms with Crippen LogP contribution in [0.2, 0.25) is 0 Å². The Morgan fingerprint density at radius 3 is 3.00 bits per heavy atom. The number of hydrogen-bond acceptors (Lipinski definition) is 3. The van der Waals surface area contributed by atoms with Crippen molar-refractivity contribution in [1.82, 2.24) is 5.32 Å². The molecule has 0 bridgehead atoms. The second kappa shape index (κ2) is 5.68. The molecule has 2 heterocycles. The quantitative estimate of drug-likeness (QED) is 0.885. The van der Waals surface area contributed by atoms with E-state index in [1.165, 1.54) is 0 Å². The molecule has 1 amide bonds. The number of carbonyl (C=O) groups is 1. The van der Waals surface area contributed by atoms with Gasteiger partial charge in [0.15, 0.2) is 0 Å². The summed E-state index contributed by atoms with van der Waals surface area (Å²) in [6.07, 6.45) is 4.61. The highest BCUT2D eigenvalue weighted by molar-refractivity contribution is 7.07. The van der Waals surface area contributed by atoms with Crippen LogP contribution in [0.3, 0.4) is 0 Å². The van der Waals surface area contributed by atoms with Gasteiger partial charge in [-0.05, 0) is 47.4 Å². The van der Waals surface area contributed by atoms with E-state index in [-0.39, 0.29) is 11.9 Å². The van der Waals surface area contributed by atoms with Gasteiger partial charge in [-0.2, -0.15) is 11.3 Å². The fraction of sp³-hybridized carbons (Fsp3) is 0.308. The molecule has 0 aromatic carbocycles. The Hall–Kier alpha value is -1.55. The average molecular weight is 249 g/mol. The maximum Gasteiger partial charge on any atom is 0.224 e. The lowest BCUT2D eigenvalue weighted by atomic mass is 10.1. The van der Waals surface area contributed by atoms with Crippen molar-refractivity contribution >= 4 is 17.2 Å². The second-order valence-electron chi connectivity index (χ2n) is 4.11. The van der Waals surface area contributed by atoms with Gasteiger partial charge in [-0.15, -0.1) is 0 Å². The fourth-order valence-corrected chi connectivity index (χ4v) is 2.39. The molecule has 0 saturated carbocycles. The maximum absolute atomic E-state index is 11.7. The van der Waals surface area contributed by atoms with Crippen molar-refractivity contribution in [2.45, 2.75) is 25.8 Å². The molecule has 0 saturated heterocycles. The van der Waals surface area contributed by atoms with Crippen molar-refractivity contribution in [2.75, 3.05) is 0 Å². The third-order valence-corrected chi connectivity index (χ3v) is 3.21. The molecule has 3 nitrogen and oxygen atoms in total. The van der Waals surface area contributed by atoms with Gasteiger partial charge in [-0.25, -0.2) is 0 Å². The van der Waals surface area contributed by atoms with Crippen LogP contribution in [0.5, 0.6) is 0 Å². The van der Waals surface area contributed by atoms with Crippen molar-refractivity contribution < 1.29 is 9.21 Å². The zero-order valence-corrected chi connectivity index (χ0v) is 10.5. The summed E-state index contributed by atoms with van der Waals surface area (Å²) < 4.78 is 4.99. The molecule has 0 unspecified atom stereocenters. The van der Waals surface area contributed by atoms with E-state index in [2.05, 4.69) is 5.32 Å². The Kier molecular flexibility index (Phi) is 3.98. The number of nitrogens with one attached hydrogen (secondary N) is 1. The minimum absolute atomic E-state index is 0.0689. The van der Waals surface area contributed by atoms with Gasteiger partial charge in [0.25, 0.3) is 0 Å². The van der Waals surface area contributed by atoms with E-state index in [4.69, 9.17) is 4.42 Å². The molecule has 90 valence electrons. The van der Waals surface area contributed by atoms with E-state index < -0.39 is 0 Å². The SMILES string of the molecule is C[C@H](Cc1ccoc1)NC(=O)Cc1ccsc1. The molecule has 0 aliphatic rings. The molecule has 4 heteroatoms. The Bertz CT molecular complexity index is 448. The molecule has 0 aliphatic carbocycles. The van der Waals surface area contributed by atoms with Crippen LogP contribution < -0.4 is 5.32 Å². The summed E-state index contributed by atoms with van der Waals surface area (Å²) in [5.74, 6) is 0.0689. The number of carbonyl (C=O) groups excluding carboxylic acids is 1. The molecular formula is C13H15NO2S. The van der Waals surface area contributed by atoms with Crippen LogP contribution in [0.25, 0.3) is 0 Å². The lowest BCUT2D eigenvalue weighted by Gasteiger charge is -2.12. The standard InChI is InChI=1S/C13H15NO2S/c1-10(6-11-2-4-16-8-11)14-13(15)7-12-3-5-17-9-12/h2-5,8-10H,6-7H2,1H3,(H,14,15)/t10-/m1/s1. The molecule has 2 aromatic heterocycles. The van der Waals surface area contributed by atoms with Crippen LogP contribution in [0.1, 0.15) is 18.1 Å². The first-order chi connectivity index (χ1) is 8.24. The Morgan fingerprint density at radius 2 is 2.35 bits per heavy atom. The highest BCUT2D eigenvalue weighted by atomic mass is 32.1. The zero-order valence-electron chi connectivity index (χ0n) is 9.68. The molecule has 1 N–H and O–H groups in total. The topological polar surface area (TPSA) is 42.2 Å². The fourth-order valence-electron chi connectivity index (χ4n) is 1.72. The maximum atomic E-state index is 11.7. The van der Waals surface area contributed by atoms with Gasteiger partial charge < -0.3 is 9.73 Å². The van der Waals surface area contributed by atoms with Crippen LogP contribution in [0.15, 0.2) is 39.8 Å². The summed E-state index contributed by atoms with van der Waals surface area (Å²) in [5.41, 5.74) is 2.18. The number of furan rings is 1. The first-order valence-corrected chi connectivity index (χ1v) is 6.50. The molecular weight excluding hydrogens is 234 g/mol. The summed E-state index contributed by atoms with van der Waals surface area (Å²) in [6.45, 7) is 2.00. The summed E-state index contributed by atoms with van der Waals surface area (Å²) in [7, 11) is 0. The first kappa shape index (κ1) is 11.9. The van der Waals surface area contributed by atoms with Crippen molar-refractivity contribution in [3.05, 3.63) is 46.5 Å². The van der Waals surface area contributed by atoms with Crippen LogP contribution in [-0.2, 0) is 17.6 Å². The third kappa shape index (κ3) is 3.75. The highest BCUT2D eigenvalue weighted by Gasteiger charge is 2.09. The van der Waals surface area contributed by atoms with Crippen molar-refractivity contribution in [3.8, 4) is 0 Å². The number of thiophene rings is 1. The minimum Gasteiger partial charge on any atom is -0.472 e. The predicted octanol–water partition coefficient (Wildman–Crippen LogP) is 2.63. The number of amides is 1. The molecule has 0 aliphatic heterocycles. The Balaban J connectivity index is 1.78. The molecule has 17 heavy (non-hydrogen) atoms.